The van der Waals surface area contributed by atoms with Gasteiger partial charge in [-0.25, -0.2) is 0 Å². The number of halogens is 1. The number of hydrogen-bond donors (Lipinski definition) is 1. The summed E-state index contributed by atoms with van der Waals surface area (Å²) in [5.74, 6) is 1.48. The van der Waals surface area contributed by atoms with Crippen LogP contribution in [0.2, 0.25) is 0 Å². The molecule has 2 aromatic rings. The summed E-state index contributed by atoms with van der Waals surface area (Å²) in [5, 5.41) is 0. The molecule has 130 valence electrons. The van der Waals surface area contributed by atoms with Crippen LogP contribution in [0.5, 0.6) is 11.5 Å². The van der Waals surface area contributed by atoms with Crippen molar-refractivity contribution >= 4 is 21.6 Å². The van der Waals surface area contributed by atoms with Gasteiger partial charge in [0.25, 0.3) is 0 Å². The molecule has 0 aromatic heterocycles. The first kappa shape index (κ1) is 18.8. The summed E-state index contributed by atoms with van der Waals surface area (Å²) in [5.41, 5.74) is 8.94. The van der Waals surface area contributed by atoms with Gasteiger partial charge >= 0.3 is 0 Å². The van der Waals surface area contributed by atoms with Crippen molar-refractivity contribution in [2.45, 2.75) is 32.5 Å². The van der Waals surface area contributed by atoms with Gasteiger partial charge in [-0.05, 0) is 61.6 Å². The molecular weight excluding hydrogens is 370 g/mol. The van der Waals surface area contributed by atoms with Gasteiger partial charge in [0.2, 0.25) is 0 Å². The lowest BCUT2D eigenvalue weighted by Gasteiger charge is -2.15. The molecule has 0 aliphatic heterocycles. The van der Waals surface area contributed by atoms with E-state index < -0.39 is 0 Å². The monoisotopic (exact) mass is 393 g/mol. The molecule has 0 aliphatic rings. The third-order valence-electron chi connectivity index (χ3n) is 3.83. The van der Waals surface area contributed by atoms with Crippen LogP contribution in [0, 0.1) is 6.92 Å². The minimum Gasteiger partial charge on any atom is -0.455 e. The second-order valence-corrected chi connectivity index (χ2v) is 6.60. The molecule has 0 radical (unpaired) electrons. The van der Waals surface area contributed by atoms with Gasteiger partial charge in [0.15, 0.2) is 6.29 Å². The Kier molecular flexibility index (Phi) is 7.09. The zero-order valence-electron chi connectivity index (χ0n) is 14.3. The number of methoxy groups -OCH3 is 2. The molecule has 0 bridgehead atoms. The van der Waals surface area contributed by atoms with Crippen molar-refractivity contribution in [2.24, 2.45) is 0 Å². The van der Waals surface area contributed by atoms with Gasteiger partial charge in [0.1, 0.15) is 11.5 Å². The predicted molar refractivity (Wildman–Crippen MR) is 101 cm³/mol. The first-order valence-corrected chi connectivity index (χ1v) is 8.70. The minimum atomic E-state index is -0.169. The SMILES string of the molecule is COC(CCCc1ccc(Br)cc1Oc1ccc(C)cc1N)OC. The minimum absolute atomic E-state index is 0.169. The summed E-state index contributed by atoms with van der Waals surface area (Å²) in [4.78, 5) is 0. The van der Waals surface area contributed by atoms with Crippen molar-refractivity contribution in [1.29, 1.82) is 0 Å². The van der Waals surface area contributed by atoms with E-state index in [1.54, 1.807) is 14.2 Å². The van der Waals surface area contributed by atoms with Crippen LogP contribution in [-0.4, -0.2) is 20.5 Å². The molecule has 0 saturated carbocycles. The third kappa shape index (κ3) is 5.23. The van der Waals surface area contributed by atoms with Crippen molar-refractivity contribution in [3.8, 4) is 11.5 Å². The Morgan fingerprint density at radius 1 is 1.04 bits per heavy atom. The van der Waals surface area contributed by atoms with Crippen molar-refractivity contribution in [3.63, 3.8) is 0 Å². The van der Waals surface area contributed by atoms with Gasteiger partial charge in [-0.1, -0.05) is 28.1 Å². The molecule has 0 heterocycles. The predicted octanol–water partition coefficient (Wildman–Crippen LogP) is 5.07. The first-order valence-electron chi connectivity index (χ1n) is 7.91. The number of anilines is 1. The maximum absolute atomic E-state index is 6.07. The molecule has 0 fully saturated rings. The zero-order chi connectivity index (χ0) is 17.5. The standard InChI is InChI=1S/C19H24BrNO3/c1-13-7-10-17(16(21)11-13)24-18-12-15(20)9-8-14(18)5-4-6-19(22-2)23-3/h7-12,19H,4-6,21H2,1-3H3. The van der Waals surface area contributed by atoms with Gasteiger partial charge in [-0.15, -0.1) is 0 Å². The average molecular weight is 394 g/mol. The van der Waals surface area contributed by atoms with Gasteiger partial charge in [-0.3, -0.25) is 0 Å². The lowest BCUT2D eigenvalue weighted by Crippen LogP contribution is -2.12. The highest BCUT2D eigenvalue weighted by atomic mass is 79.9. The highest BCUT2D eigenvalue weighted by molar-refractivity contribution is 9.10. The van der Waals surface area contributed by atoms with Crippen molar-refractivity contribution in [3.05, 3.63) is 52.0 Å². The Labute approximate surface area is 152 Å². The molecule has 5 heteroatoms. The molecule has 4 nitrogen and oxygen atoms in total. The highest BCUT2D eigenvalue weighted by Gasteiger charge is 2.10. The maximum atomic E-state index is 6.07. The van der Waals surface area contributed by atoms with E-state index in [2.05, 4.69) is 22.0 Å². The van der Waals surface area contributed by atoms with E-state index in [-0.39, 0.29) is 6.29 Å². The third-order valence-corrected chi connectivity index (χ3v) is 4.32. The number of ether oxygens (including phenoxy) is 3. The quantitative estimate of drug-likeness (QED) is 0.502. The Morgan fingerprint density at radius 2 is 1.79 bits per heavy atom. The zero-order valence-corrected chi connectivity index (χ0v) is 15.9. The van der Waals surface area contributed by atoms with Crippen LogP contribution in [0.25, 0.3) is 0 Å². The number of nitrogen functional groups attached to an aromatic ring is 1. The molecule has 0 saturated heterocycles. The van der Waals surface area contributed by atoms with Crippen LogP contribution >= 0.6 is 15.9 Å². The van der Waals surface area contributed by atoms with Crippen molar-refractivity contribution in [2.75, 3.05) is 20.0 Å². The van der Waals surface area contributed by atoms with Crippen LogP contribution in [0.15, 0.2) is 40.9 Å². The van der Waals surface area contributed by atoms with Crippen LogP contribution in [0.3, 0.4) is 0 Å². The first-order chi connectivity index (χ1) is 11.5. The smallest absolute Gasteiger partial charge is 0.156 e. The fraction of sp³-hybridized carbons (Fsp3) is 0.368. The number of rotatable bonds is 8. The highest BCUT2D eigenvalue weighted by Crippen LogP contribution is 2.33. The fourth-order valence-corrected chi connectivity index (χ4v) is 2.84. The van der Waals surface area contributed by atoms with Gasteiger partial charge in [0.05, 0.1) is 5.69 Å². The van der Waals surface area contributed by atoms with Crippen LogP contribution in [-0.2, 0) is 15.9 Å². The summed E-state index contributed by atoms with van der Waals surface area (Å²) in [7, 11) is 3.31. The Hall–Kier alpha value is -1.56. The Balaban J connectivity index is 2.12. The Bertz CT molecular complexity index is 672. The normalized spacial score (nSPS) is 11.0. The molecule has 0 unspecified atom stereocenters. The van der Waals surface area contributed by atoms with E-state index in [0.717, 1.165) is 40.6 Å². The van der Waals surface area contributed by atoms with Crippen LogP contribution in [0.1, 0.15) is 24.0 Å². The lowest BCUT2D eigenvalue weighted by atomic mass is 10.1. The maximum Gasteiger partial charge on any atom is 0.156 e. The summed E-state index contributed by atoms with van der Waals surface area (Å²) in [6.07, 6.45) is 2.47. The number of benzene rings is 2. The summed E-state index contributed by atoms with van der Waals surface area (Å²) in [6.45, 7) is 2.01. The second kappa shape index (κ2) is 9.06. The van der Waals surface area contributed by atoms with E-state index in [1.165, 1.54) is 0 Å². The second-order valence-electron chi connectivity index (χ2n) is 5.69. The molecule has 2 rings (SSSR count). The Morgan fingerprint density at radius 3 is 2.46 bits per heavy atom. The van der Waals surface area contributed by atoms with E-state index in [1.807, 2.05) is 37.3 Å². The molecule has 2 aromatic carbocycles. The van der Waals surface area contributed by atoms with Gasteiger partial charge in [-0.2, -0.15) is 0 Å². The van der Waals surface area contributed by atoms with Gasteiger partial charge in [0, 0.05) is 18.7 Å². The van der Waals surface area contributed by atoms with Crippen LogP contribution in [0.4, 0.5) is 5.69 Å². The summed E-state index contributed by atoms with van der Waals surface area (Å²) in [6, 6.07) is 11.9. The molecule has 2 N–H and O–H groups in total. The van der Waals surface area contributed by atoms with E-state index in [9.17, 15) is 0 Å². The number of aryl methyl sites for hydroxylation is 2. The molecule has 24 heavy (non-hydrogen) atoms. The van der Waals surface area contributed by atoms with E-state index in [4.69, 9.17) is 19.9 Å². The topological polar surface area (TPSA) is 53.7 Å². The number of hydrogen-bond acceptors (Lipinski definition) is 4. The van der Waals surface area contributed by atoms with Crippen molar-refractivity contribution in [1.82, 2.24) is 0 Å². The van der Waals surface area contributed by atoms with Crippen LogP contribution < -0.4 is 10.5 Å². The van der Waals surface area contributed by atoms with E-state index >= 15 is 0 Å². The molecule has 0 aliphatic carbocycles. The summed E-state index contributed by atoms with van der Waals surface area (Å²) >= 11 is 3.50. The molecular formula is C19H24BrNO3. The fourth-order valence-electron chi connectivity index (χ4n) is 2.50. The number of nitrogens with two attached hydrogens (primary N) is 1. The molecule has 0 amide bonds. The molecule has 0 spiro atoms. The van der Waals surface area contributed by atoms with Gasteiger partial charge < -0.3 is 19.9 Å². The summed E-state index contributed by atoms with van der Waals surface area (Å²) < 4.78 is 17.5. The average Bonchev–Trinajstić information content (AvgIpc) is 2.56. The largest absolute Gasteiger partial charge is 0.455 e. The molecule has 0 atom stereocenters. The van der Waals surface area contributed by atoms with Crippen molar-refractivity contribution < 1.29 is 14.2 Å². The lowest BCUT2D eigenvalue weighted by molar-refractivity contribution is -0.106. The van der Waals surface area contributed by atoms with E-state index in [0.29, 0.717) is 11.4 Å².